The van der Waals surface area contributed by atoms with Crippen molar-refractivity contribution in [2.45, 2.75) is 38.3 Å². The van der Waals surface area contributed by atoms with E-state index in [1.165, 1.54) is 6.20 Å². The second kappa shape index (κ2) is 7.72. The van der Waals surface area contributed by atoms with Crippen molar-refractivity contribution in [3.8, 4) is 0 Å². The molecule has 1 saturated heterocycles. The molecule has 6 rings (SSSR count). The fourth-order valence-corrected chi connectivity index (χ4v) is 6.25. The average molecular weight is 478 g/mol. The quantitative estimate of drug-likeness (QED) is 0.555. The van der Waals surface area contributed by atoms with E-state index in [1.807, 2.05) is 86.4 Å². The van der Waals surface area contributed by atoms with Crippen molar-refractivity contribution in [2.75, 3.05) is 10.2 Å². The van der Waals surface area contributed by atoms with E-state index in [4.69, 9.17) is 0 Å². The maximum atomic E-state index is 14.4. The van der Waals surface area contributed by atoms with E-state index >= 15 is 0 Å². The minimum Gasteiger partial charge on any atom is -0.352 e. The minimum atomic E-state index is -1.28. The molecule has 1 aromatic heterocycles. The first-order valence-corrected chi connectivity index (χ1v) is 12.2. The molecule has 4 unspecified atom stereocenters. The Bertz CT molecular complexity index is 1440. The molecule has 180 valence electrons. The highest BCUT2D eigenvalue weighted by atomic mass is 16.2. The van der Waals surface area contributed by atoms with E-state index in [0.717, 1.165) is 16.8 Å². The van der Waals surface area contributed by atoms with Gasteiger partial charge in [0, 0.05) is 34.7 Å². The molecule has 6 heteroatoms. The number of carbonyl (C=O) groups is 3. The van der Waals surface area contributed by atoms with Crippen LogP contribution in [0.25, 0.3) is 6.08 Å². The first-order chi connectivity index (χ1) is 17.3. The number of benzene rings is 2. The summed E-state index contributed by atoms with van der Waals surface area (Å²) < 4.78 is 0. The van der Waals surface area contributed by atoms with Gasteiger partial charge in [0.25, 0.3) is 0 Å². The van der Waals surface area contributed by atoms with Gasteiger partial charge in [0.1, 0.15) is 11.5 Å². The van der Waals surface area contributed by atoms with Crippen LogP contribution in [0.3, 0.4) is 0 Å². The van der Waals surface area contributed by atoms with Crippen LogP contribution < -0.4 is 10.2 Å². The topological polar surface area (TPSA) is 79.4 Å². The van der Waals surface area contributed by atoms with Crippen LogP contribution in [0.5, 0.6) is 0 Å². The number of anilines is 2. The number of para-hydroxylation sites is 2. The van der Waals surface area contributed by atoms with Crippen molar-refractivity contribution < 1.29 is 14.4 Å². The van der Waals surface area contributed by atoms with E-state index in [0.29, 0.717) is 11.3 Å². The van der Waals surface area contributed by atoms with E-state index in [9.17, 15) is 14.4 Å². The largest absolute Gasteiger partial charge is 0.352 e. The number of pyridine rings is 1. The molecule has 0 aliphatic carbocycles. The van der Waals surface area contributed by atoms with Crippen LogP contribution in [0.4, 0.5) is 11.4 Å². The number of nitrogens with zero attached hydrogens (tertiary/aromatic N) is 2. The lowest BCUT2D eigenvalue weighted by Gasteiger charge is -2.38. The zero-order chi connectivity index (χ0) is 25.2. The Morgan fingerprint density at radius 1 is 1.00 bits per heavy atom. The molecule has 4 heterocycles. The summed E-state index contributed by atoms with van der Waals surface area (Å²) in [7, 11) is 0. The number of rotatable bonds is 3. The lowest BCUT2D eigenvalue weighted by Crippen LogP contribution is -2.51. The molecule has 0 radical (unpaired) electrons. The Morgan fingerprint density at radius 3 is 2.50 bits per heavy atom. The lowest BCUT2D eigenvalue weighted by atomic mass is 9.63. The molecule has 0 bridgehead atoms. The Kier molecular flexibility index (Phi) is 4.80. The summed E-state index contributed by atoms with van der Waals surface area (Å²) in [5, 5.41) is 3.04. The summed E-state index contributed by atoms with van der Waals surface area (Å²) >= 11 is 0. The Hall–Kier alpha value is -4.06. The second-order valence-electron chi connectivity index (χ2n) is 10.8. The molecular weight excluding hydrogens is 450 g/mol. The van der Waals surface area contributed by atoms with E-state index in [-0.39, 0.29) is 17.5 Å². The van der Waals surface area contributed by atoms with Crippen molar-refractivity contribution in [3.05, 3.63) is 95.8 Å². The predicted molar refractivity (Wildman–Crippen MR) is 139 cm³/mol. The molecule has 3 aliphatic heterocycles. The zero-order valence-electron chi connectivity index (χ0n) is 20.4. The van der Waals surface area contributed by atoms with Gasteiger partial charge < -0.3 is 10.2 Å². The van der Waals surface area contributed by atoms with Crippen LogP contribution in [0.15, 0.2) is 79.1 Å². The van der Waals surface area contributed by atoms with Crippen molar-refractivity contribution in [3.63, 3.8) is 0 Å². The number of ketones is 2. The number of amides is 1. The second-order valence-corrected chi connectivity index (χ2v) is 10.8. The molecule has 6 nitrogen and oxygen atoms in total. The third kappa shape index (κ3) is 2.90. The number of aromatic nitrogens is 1. The molecule has 4 atom stereocenters. The van der Waals surface area contributed by atoms with Crippen LogP contribution in [-0.4, -0.2) is 34.5 Å². The van der Waals surface area contributed by atoms with E-state index in [2.05, 4.69) is 10.3 Å². The number of hydrogen-bond acceptors (Lipinski definition) is 5. The van der Waals surface area contributed by atoms with Crippen molar-refractivity contribution in [1.82, 2.24) is 4.98 Å². The fraction of sp³-hybridized carbons (Fsp3) is 0.267. The first-order valence-electron chi connectivity index (χ1n) is 12.2. The first kappa shape index (κ1) is 22.4. The van der Waals surface area contributed by atoms with Crippen molar-refractivity contribution in [2.24, 2.45) is 11.3 Å². The lowest BCUT2D eigenvalue weighted by molar-refractivity contribution is -0.128. The zero-order valence-corrected chi connectivity index (χ0v) is 20.4. The number of nitrogens with one attached hydrogen (secondary N) is 1. The van der Waals surface area contributed by atoms with Crippen molar-refractivity contribution >= 4 is 34.9 Å². The average Bonchev–Trinajstić information content (AvgIpc) is 3.36. The standard InChI is InChI=1S/C30H27N3O3/c1-29(2,3)27(35)25-24(26(34)19-10-8-16-31-17-19)30(20-11-5-6-12-21(20)32-28(30)36)23-15-14-18-9-4-7-13-22(18)33(23)25/h4-17,23-25H,1-3H3,(H,32,36). The highest BCUT2D eigenvalue weighted by Gasteiger charge is 2.70. The van der Waals surface area contributed by atoms with Gasteiger partial charge in [-0.3, -0.25) is 19.4 Å². The van der Waals surface area contributed by atoms with Gasteiger partial charge in [-0.25, -0.2) is 0 Å². The Morgan fingerprint density at radius 2 is 1.75 bits per heavy atom. The summed E-state index contributed by atoms with van der Waals surface area (Å²) in [6, 6.07) is 17.4. The summed E-state index contributed by atoms with van der Waals surface area (Å²) in [6.45, 7) is 5.61. The molecule has 1 fully saturated rings. The van der Waals surface area contributed by atoms with E-state index < -0.39 is 28.8 Å². The number of fused-ring (bicyclic) bond motifs is 6. The molecule has 1 N–H and O–H groups in total. The van der Waals surface area contributed by atoms with Crippen LogP contribution in [0, 0.1) is 11.3 Å². The summed E-state index contributed by atoms with van der Waals surface area (Å²) in [5.41, 5.74) is 1.62. The SMILES string of the molecule is CC(C)(C)C(=O)C1C(C(=O)c2cccnc2)C2(C(=O)Nc3ccccc32)C2C=Cc3ccccc3N12. The molecular formula is C30H27N3O3. The summed E-state index contributed by atoms with van der Waals surface area (Å²) in [6.07, 6.45) is 7.12. The van der Waals surface area contributed by atoms with Gasteiger partial charge in [-0.15, -0.1) is 0 Å². The maximum absolute atomic E-state index is 14.4. The Labute approximate surface area is 210 Å². The monoisotopic (exact) mass is 477 g/mol. The maximum Gasteiger partial charge on any atom is 0.238 e. The third-order valence-corrected chi connectivity index (χ3v) is 7.78. The van der Waals surface area contributed by atoms with Gasteiger partial charge in [0.15, 0.2) is 11.6 Å². The third-order valence-electron chi connectivity index (χ3n) is 7.78. The van der Waals surface area contributed by atoms with Gasteiger partial charge in [-0.2, -0.15) is 0 Å². The smallest absolute Gasteiger partial charge is 0.238 e. The van der Waals surface area contributed by atoms with Crippen LogP contribution in [0.2, 0.25) is 0 Å². The van der Waals surface area contributed by atoms with Gasteiger partial charge in [0.2, 0.25) is 5.91 Å². The molecule has 36 heavy (non-hydrogen) atoms. The normalized spacial score (nSPS) is 25.8. The molecule has 2 aromatic carbocycles. The van der Waals surface area contributed by atoms with E-state index in [1.54, 1.807) is 18.3 Å². The van der Waals surface area contributed by atoms with Crippen LogP contribution in [-0.2, 0) is 15.0 Å². The van der Waals surface area contributed by atoms with Gasteiger partial charge >= 0.3 is 0 Å². The van der Waals surface area contributed by atoms with Gasteiger partial charge in [-0.05, 0) is 35.4 Å². The predicted octanol–water partition coefficient (Wildman–Crippen LogP) is 4.67. The molecule has 3 aliphatic rings. The molecule has 1 spiro atoms. The van der Waals surface area contributed by atoms with Gasteiger partial charge in [-0.1, -0.05) is 69.3 Å². The van der Waals surface area contributed by atoms with Crippen molar-refractivity contribution in [1.29, 1.82) is 0 Å². The fourth-order valence-electron chi connectivity index (χ4n) is 6.25. The highest BCUT2D eigenvalue weighted by molar-refractivity contribution is 6.17. The molecule has 1 amide bonds. The number of hydrogen-bond donors (Lipinski definition) is 1. The number of Topliss-reactive ketones (excluding diaryl/α,β-unsaturated/α-hetero) is 2. The number of carbonyl (C=O) groups excluding carboxylic acids is 3. The summed E-state index contributed by atoms with van der Waals surface area (Å²) in [4.78, 5) is 49.0. The van der Waals surface area contributed by atoms with Crippen LogP contribution >= 0.6 is 0 Å². The van der Waals surface area contributed by atoms with Gasteiger partial charge in [0.05, 0.1) is 12.0 Å². The molecule has 3 aromatic rings. The van der Waals surface area contributed by atoms with Crippen LogP contribution in [0.1, 0.15) is 42.3 Å². The summed E-state index contributed by atoms with van der Waals surface area (Å²) in [5.74, 6) is -1.53. The Balaban J connectivity index is 1.69. The molecule has 0 saturated carbocycles. The minimum absolute atomic E-state index is 0.0751. The highest BCUT2D eigenvalue weighted by Crippen LogP contribution is 2.58.